The molecule has 2 heterocycles. The van der Waals surface area contributed by atoms with Gasteiger partial charge in [-0.1, -0.05) is 18.2 Å². The van der Waals surface area contributed by atoms with Crippen molar-refractivity contribution in [2.75, 3.05) is 50.2 Å². The molecule has 2 aromatic rings. The van der Waals surface area contributed by atoms with Crippen molar-refractivity contribution in [1.29, 1.82) is 0 Å². The molecule has 0 bridgehead atoms. The van der Waals surface area contributed by atoms with Crippen molar-refractivity contribution < 1.29 is 4.74 Å². The molecule has 1 fully saturated rings. The molecule has 1 saturated heterocycles. The number of rotatable bonds is 6. The summed E-state index contributed by atoms with van der Waals surface area (Å²) in [4.78, 5) is 4.54. The van der Waals surface area contributed by atoms with Crippen LogP contribution in [0, 0.1) is 6.92 Å². The summed E-state index contributed by atoms with van der Waals surface area (Å²) in [5.74, 6) is 1.16. The van der Waals surface area contributed by atoms with Crippen molar-refractivity contribution in [3.05, 3.63) is 41.1 Å². The lowest BCUT2D eigenvalue weighted by Gasteiger charge is -2.30. The number of aryl methyl sites for hydroxylation is 2. The van der Waals surface area contributed by atoms with Gasteiger partial charge in [-0.15, -0.1) is 0 Å². The van der Waals surface area contributed by atoms with Gasteiger partial charge in [0.2, 0.25) is 0 Å². The molecule has 1 aromatic heterocycles. The van der Waals surface area contributed by atoms with Gasteiger partial charge in [-0.25, -0.2) is 0 Å². The molecule has 1 N–H and O–H groups in total. The van der Waals surface area contributed by atoms with Gasteiger partial charge in [0.25, 0.3) is 0 Å². The molecule has 0 atom stereocenters. The summed E-state index contributed by atoms with van der Waals surface area (Å²) >= 11 is 0. The van der Waals surface area contributed by atoms with Crippen molar-refractivity contribution >= 4 is 11.5 Å². The molecule has 3 rings (SSSR count). The third-order valence-corrected chi connectivity index (χ3v) is 4.70. The van der Waals surface area contributed by atoms with Gasteiger partial charge >= 0.3 is 0 Å². The average molecular weight is 343 g/mol. The van der Waals surface area contributed by atoms with Crippen LogP contribution in [0.3, 0.4) is 0 Å². The van der Waals surface area contributed by atoms with E-state index in [-0.39, 0.29) is 0 Å². The molecule has 0 saturated carbocycles. The Balaban J connectivity index is 1.69. The van der Waals surface area contributed by atoms with Gasteiger partial charge in [0.1, 0.15) is 5.82 Å². The first-order chi connectivity index (χ1) is 12.1. The second-order valence-corrected chi connectivity index (χ2v) is 6.74. The molecule has 6 heteroatoms. The number of morpholine rings is 1. The summed E-state index contributed by atoms with van der Waals surface area (Å²) < 4.78 is 7.43. The summed E-state index contributed by atoms with van der Waals surface area (Å²) in [6, 6.07) is 8.65. The van der Waals surface area contributed by atoms with Crippen LogP contribution in [-0.4, -0.2) is 50.2 Å². The highest BCUT2D eigenvalue weighted by molar-refractivity contribution is 5.54. The summed E-state index contributed by atoms with van der Waals surface area (Å²) in [7, 11) is 6.13. The Morgan fingerprint density at radius 3 is 2.60 bits per heavy atom. The second kappa shape index (κ2) is 7.89. The molecule has 25 heavy (non-hydrogen) atoms. The normalized spacial score (nSPS) is 14.8. The van der Waals surface area contributed by atoms with Gasteiger partial charge in [0.15, 0.2) is 0 Å². The van der Waals surface area contributed by atoms with Crippen molar-refractivity contribution in [1.82, 2.24) is 15.1 Å². The lowest BCUT2D eigenvalue weighted by molar-refractivity contribution is 0.122. The number of anilines is 2. The molecule has 0 amide bonds. The van der Waals surface area contributed by atoms with E-state index in [1.807, 2.05) is 11.7 Å². The lowest BCUT2D eigenvalue weighted by atomic mass is 10.1. The van der Waals surface area contributed by atoms with Crippen molar-refractivity contribution in [2.45, 2.75) is 20.0 Å². The Labute approximate surface area is 150 Å². The van der Waals surface area contributed by atoms with Crippen molar-refractivity contribution in [2.24, 2.45) is 7.05 Å². The fraction of sp³-hybridized carbons (Fsp3) is 0.526. The third kappa shape index (κ3) is 3.96. The van der Waals surface area contributed by atoms with Crippen LogP contribution in [0.1, 0.15) is 16.8 Å². The van der Waals surface area contributed by atoms with Gasteiger partial charge in [-0.2, -0.15) is 5.10 Å². The number of aromatic nitrogens is 2. The van der Waals surface area contributed by atoms with E-state index in [1.165, 1.54) is 16.8 Å². The fourth-order valence-corrected chi connectivity index (χ4v) is 3.55. The van der Waals surface area contributed by atoms with Crippen LogP contribution in [0.4, 0.5) is 11.5 Å². The Morgan fingerprint density at radius 2 is 1.88 bits per heavy atom. The zero-order valence-corrected chi connectivity index (χ0v) is 15.7. The first-order valence-corrected chi connectivity index (χ1v) is 8.89. The van der Waals surface area contributed by atoms with E-state index in [4.69, 9.17) is 4.74 Å². The van der Waals surface area contributed by atoms with E-state index in [2.05, 4.69) is 65.5 Å². The van der Waals surface area contributed by atoms with Crippen molar-refractivity contribution in [3.63, 3.8) is 0 Å². The molecule has 1 aliphatic rings. The Morgan fingerprint density at radius 1 is 1.16 bits per heavy atom. The fourth-order valence-electron chi connectivity index (χ4n) is 3.55. The van der Waals surface area contributed by atoms with E-state index in [0.29, 0.717) is 0 Å². The first-order valence-electron chi connectivity index (χ1n) is 8.89. The molecule has 0 aliphatic carbocycles. The smallest absolute Gasteiger partial charge is 0.130 e. The van der Waals surface area contributed by atoms with Gasteiger partial charge in [0, 0.05) is 58.6 Å². The Kier molecular flexibility index (Phi) is 5.60. The predicted octanol–water partition coefficient (Wildman–Crippen LogP) is 1.92. The average Bonchev–Trinajstić information content (AvgIpc) is 2.90. The number of hydrogen-bond donors (Lipinski definition) is 1. The summed E-state index contributed by atoms with van der Waals surface area (Å²) in [5, 5.41) is 8.17. The monoisotopic (exact) mass is 343 g/mol. The minimum absolute atomic E-state index is 0.808. The van der Waals surface area contributed by atoms with Gasteiger partial charge in [-0.05, 0) is 18.6 Å². The van der Waals surface area contributed by atoms with Crippen LogP contribution in [0.25, 0.3) is 0 Å². The lowest BCUT2D eigenvalue weighted by Crippen LogP contribution is -2.37. The molecular weight excluding hydrogens is 314 g/mol. The van der Waals surface area contributed by atoms with Gasteiger partial charge < -0.3 is 19.9 Å². The minimum Gasteiger partial charge on any atom is -0.378 e. The molecule has 0 radical (unpaired) electrons. The van der Waals surface area contributed by atoms with Crippen LogP contribution in [0.15, 0.2) is 24.3 Å². The van der Waals surface area contributed by atoms with E-state index < -0.39 is 0 Å². The van der Waals surface area contributed by atoms with Crippen LogP contribution < -0.4 is 15.1 Å². The maximum absolute atomic E-state index is 5.48. The summed E-state index contributed by atoms with van der Waals surface area (Å²) in [6.45, 7) is 7.27. The predicted molar refractivity (Wildman–Crippen MR) is 102 cm³/mol. The number of nitrogens with zero attached hydrogens (tertiary/aromatic N) is 4. The molecule has 6 nitrogen and oxygen atoms in total. The molecule has 1 aliphatic heterocycles. The number of hydrogen-bond acceptors (Lipinski definition) is 5. The van der Waals surface area contributed by atoms with Gasteiger partial charge in [-0.3, -0.25) is 4.68 Å². The highest BCUT2D eigenvalue weighted by Gasteiger charge is 2.16. The number of benzene rings is 1. The quantitative estimate of drug-likeness (QED) is 0.868. The van der Waals surface area contributed by atoms with Crippen molar-refractivity contribution in [3.8, 4) is 0 Å². The molecule has 1 aromatic carbocycles. The van der Waals surface area contributed by atoms with Crippen LogP contribution in [-0.2, 0) is 24.9 Å². The van der Waals surface area contributed by atoms with E-state index in [1.54, 1.807) is 0 Å². The number of para-hydroxylation sites is 1. The van der Waals surface area contributed by atoms with Crippen LogP contribution >= 0.6 is 0 Å². The number of ether oxygens (including phenoxy) is 1. The highest BCUT2D eigenvalue weighted by Crippen LogP contribution is 2.23. The van der Waals surface area contributed by atoms with E-state index in [9.17, 15) is 0 Å². The highest BCUT2D eigenvalue weighted by atomic mass is 16.5. The second-order valence-electron chi connectivity index (χ2n) is 6.74. The van der Waals surface area contributed by atoms with Crippen LogP contribution in [0.2, 0.25) is 0 Å². The summed E-state index contributed by atoms with van der Waals surface area (Å²) in [5.41, 5.74) is 4.99. The first kappa shape index (κ1) is 17.8. The topological polar surface area (TPSA) is 45.6 Å². The van der Waals surface area contributed by atoms with E-state index >= 15 is 0 Å². The zero-order chi connectivity index (χ0) is 17.8. The largest absolute Gasteiger partial charge is 0.378 e. The maximum Gasteiger partial charge on any atom is 0.130 e. The molecule has 0 spiro atoms. The summed E-state index contributed by atoms with van der Waals surface area (Å²) in [6.07, 6.45) is 0. The standard InChI is InChI=1S/C19H29N5O/c1-15-17(19(22(2)3)23(4)21-15)14-20-13-16-7-5-6-8-18(16)24-9-11-25-12-10-24/h5-8,20H,9-14H2,1-4H3. The van der Waals surface area contributed by atoms with Gasteiger partial charge in [0.05, 0.1) is 18.9 Å². The molecular formula is C19H29N5O. The Hall–Kier alpha value is -2.05. The SMILES string of the molecule is Cc1nn(C)c(N(C)C)c1CNCc1ccccc1N1CCOCC1. The maximum atomic E-state index is 5.48. The minimum atomic E-state index is 0.808. The Bertz CT molecular complexity index is 704. The zero-order valence-electron chi connectivity index (χ0n) is 15.7. The number of nitrogens with one attached hydrogen (secondary N) is 1. The van der Waals surface area contributed by atoms with E-state index in [0.717, 1.165) is 50.9 Å². The van der Waals surface area contributed by atoms with Crippen LogP contribution in [0.5, 0.6) is 0 Å². The molecule has 0 unspecified atom stereocenters. The third-order valence-electron chi connectivity index (χ3n) is 4.70. The molecule has 136 valence electrons.